The SMILES string of the molecule is CNCc1oc(CN2CCCC(C)(C)C2)cc1C. The Morgan fingerprint density at radius 1 is 1.44 bits per heavy atom. The van der Waals surface area contributed by atoms with Crippen molar-refractivity contribution in [3.63, 3.8) is 0 Å². The van der Waals surface area contributed by atoms with Gasteiger partial charge in [0.15, 0.2) is 0 Å². The second-order valence-corrected chi connectivity index (χ2v) is 6.33. The van der Waals surface area contributed by atoms with Gasteiger partial charge < -0.3 is 9.73 Å². The van der Waals surface area contributed by atoms with E-state index >= 15 is 0 Å². The highest BCUT2D eigenvalue weighted by atomic mass is 16.3. The average molecular weight is 250 g/mol. The van der Waals surface area contributed by atoms with Gasteiger partial charge in [-0.2, -0.15) is 0 Å². The van der Waals surface area contributed by atoms with Crippen LogP contribution in [0.2, 0.25) is 0 Å². The van der Waals surface area contributed by atoms with Crippen LogP contribution in [-0.4, -0.2) is 25.0 Å². The normalized spacial score (nSPS) is 20.2. The minimum absolute atomic E-state index is 0.452. The Morgan fingerprint density at radius 2 is 2.22 bits per heavy atom. The van der Waals surface area contributed by atoms with Gasteiger partial charge in [-0.05, 0) is 50.4 Å². The monoisotopic (exact) mass is 250 g/mol. The first-order chi connectivity index (χ1) is 8.50. The van der Waals surface area contributed by atoms with Gasteiger partial charge >= 0.3 is 0 Å². The maximum absolute atomic E-state index is 5.92. The van der Waals surface area contributed by atoms with E-state index in [-0.39, 0.29) is 0 Å². The lowest BCUT2D eigenvalue weighted by Crippen LogP contribution is -2.39. The lowest BCUT2D eigenvalue weighted by atomic mass is 9.84. The fourth-order valence-corrected chi connectivity index (χ4v) is 2.90. The van der Waals surface area contributed by atoms with Gasteiger partial charge in [-0.3, -0.25) is 4.90 Å². The molecule has 1 aliphatic heterocycles. The fourth-order valence-electron chi connectivity index (χ4n) is 2.90. The van der Waals surface area contributed by atoms with Crippen LogP contribution in [-0.2, 0) is 13.1 Å². The van der Waals surface area contributed by atoms with Gasteiger partial charge in [0.1, 0.15) is 11.5 Å². The first-order valence-electron chi connectivity index (χ1n) is 6.95. The molecular formula is C15H26N2O. The molecule has 18 heavy (non-hydrogen) atoms. The second-order valence-electron chi connectivity index (χ2n) is 6.33. The molecule has 1 fully saturated rings. The summed E-state index contributed by atoms with van der Waals surface area (Å²) >= 11 is 0. The van der Waals surface area contributed by atoms with Crippen molar-refractivity contribution in [1.29, 1.82) is 0 Å². The first-order valence-corrected chi connectivity index (χ1v) is 6.95. The van der Waals surface area contributed by atoms with Gasteiger partial charge in [0.25, 0.3) is 0 Å². The zero-order chi connectivity index (χ0) is 13.2. The summed E-state index contributed by atoms with van der Waals surface area (Å²) in [6, 6.07) is 2.19. The Kier molecular flexibility index (Phi) is 4.13. The smallest absolute Gasteiger partial charge is 0.120 e. The van der Waals surface area contributed by atoms with Crippen LogP contribution in [0.25, 0.3) is 0 Å². The predicted octanol–water partition coefficient (Wildman–Crippen LogP) is 2.93. The van der Waals surface area contributed by atoms with Crippen LogP contribution in [0.5, 0.6) is 0 Å². The summed E-state index contributed by atoms with van der Waals surface area (Å²) < 4.78 is 5.92. The Morgan fingerprint density at radius 3 is 2.89 bits per heavy atom. The van der Waals surface area contributed by atoms with Crippen molar-refractivity contribution < 1.29 is 4.42 Å². The van der Waals surface area contributed by atoms with Crippen molar-refractivity contribution >= 4 is 0 Å². The Bertz CT molecular complexity index is 395. The molecule has 1 aromatic rings. The van der Waals surface area contributed by atoms with Gasteiger partial charge in [0.05, 0.1) is 13.1 Å². The summed E-state index contributed by atoms with van der Waals surface area (Å²) in [5.74, 6) is 2.18. The second kappa shape index (κ2) is 5.45. The third-order valence-corrected chi connectivity index (χ3v) is 3.77. The van der Waals surface area contributed by atoms with Crippen LogP contribution >= 0.6 is 0 Å². The molecule has 0 unspecified atom stereocenters. The molecule has 1 aliphatic rings. The van der Waals surface area contributed by atoms with Crippen molar-refractivity contribution in [3.05, 3.63) is 23.2 Å². The molecule has 0 aliphatic carbocycles. The van der Waals surface area contributed by atoms with Crippen LogP contribution in [0.15, 0.2) is 10.5 Å². The van der Waals surface area contributed by atoms with Crippen LogP contribution in [0.1, 0.15) is 43.8 Å². The third-order valence-electron chi connectivity index (χ3n) is 3.77. The van der Waals surface area contributed by atoms with Crippen molar-refractivity contribution in [1.82, 2.24) is 10.2 Å². The Hall–Kier alpha value is -0.800. The molecule has 0 amide bonds. The minimum atomic E-state index is 0.452. The standard InChI is InChI=1S/C15H26N2O/c1-12-8-13(18-14(12)9-16-4)10-17-7-5-6-15(2,3)11-17/h8,16H,5-7,9-11H2,1-4H3. The molecule has 102 valence electrons. The number of aryl methyl sites for hydroxylation is 1. The van der Waals surface area contributed by atoms with Gasteiger partial charge in [0, 0.05) is 6.54 Å². The number of nitrogens with zero attached hydrogens (tertiary/aromatic N) is 1. The van der Waals surface area contributed by atoms with Crippen LogP contribution < -0.4 is 5.32 Å². The minimum Gasteiger partial charge on any atom is -0.463 e. The topological polar surface area (TPSA) is 28.4 Å². The number of hydrogen-bond acceptors (Lipinski definition) is 3. The van der Waals surface area contributed by atoms with E-state index in [9.17, 15) is 0 Å². The molecule has 0 aromatic carbocycles. The molecule has 0 spiro atoms. The maximum Gasteiger partial charge on any atom is 0.120 e. The summed E-state index contributed by atoms with van der Waals surface area (Å²) in [7, 11) is 1.95. The lowest BCUT2D eigenvalue weighted by molar-refractivity contribution is 0.104. The zero-order valence-corrected chi connectivity index (χ0v) is 12.2. The molecule has 0 atom stereocenters. The molecule has 3 nitrogen and oxygen atoms in total. The van der Waals surface area contributed by atoms with E-state index < -0.39 is 0 Å². The summed E-state index contributed by atoms with van der Waals surface area (Å²) in [5.41, 5.74) is 1.71. The van der Waals surface area contributed by atoms with E-state index in [2.05, 4.69) is 37.1 Å². The van der Waals surface area contributed by atoms with Gasteiger partial charge in [-0.15, -0.1) is 0 Å². The number of piperidine rings is 1. The van der Waals surface area contributed by atoms with E-state index in [1.54, 1.807) is 0 Å². The van der Waals surface area contributed by atoms with E-state index in [1.165, 1.54) is 31.5 Å². The van der Waals surface area contributed by atoms with Crippen molar-refractivity contribution in [2.75, 3.05) is 20.1 Å². The first kappa shape index (κ1) is 13.6. The molecule has 1 aromatic heterocycles. The largest absolute Gasteiger partial charge is 0.463 e. The molecular weight excluding hydrogens is 224 g/mol. The molecule has 3 heteroatoms. The number of likely N-dealkylation sites (tertiary alicyclic amines) is 1. The quantitative estimate of drug-likeness (QED) is 0.890. The Balaban J connectivity index is 1.98. The molecule has 1 saturated heterocycles. The van der Waals surface area contributed by atoms with Gasteiger partial charge in [0.2, 0.25) is 0 Å². The van der Waals surface area contributed by atoms with Crippen LogP contribution in [0.4, 0.5) is 0 Å². The summed E-state index contributed by atoms with van der Waals surface area (Å²) in [6.45, 7) is 11.0. The summed E-state index contributed by atoms with van der Waals surface area (Å²) in [4.78, 5) is 2.52. The number of hydrogen-bond donors (Lipinski definition) is 1. The van der Waals surface area contributed by atoms with E-state index in [0.29, 0.717) is 5.41 Å². The van der Waals surface area contributed by atoms with E-state index in [4.69, 9.17) is 4.42 Å². The molecule has 2 heterocycles. The molecule has 2 rings (SSSR count). The van der Waals surface area contributed by atoms with Crippen LogP contribution in [0.3, 0.4) is 0 Å². The highest BCUT2D eigenvalue weighted by Gasteiger charge is 2.26. The van der Waals surface area contributed by atoms with Crippen LogP contribution in [0, 0.1) is 12.3 Å². The maximum atomic E-state index is 5.92. The molecule has 0 bridgehead atoms. The molecule has 0 saturated carbocycles. The number of nitrogens with one attached hydrogen (secondary N) is 1. The molecule has 0 radical (unpaired) electrons. The third kappa shape index (κ3) is 3.36. The Labute approximate surface area is 111 Å². The summed E-state index contributed by atoms with van der Waals surface area (Å²) in [5, 5.41) is 3.15. The predicted molar refractivity (Wildman–Crippen MR) is 74.5 cm³/mol. The van der Waals surface area contributed by atoms with Crippen molar-refractivity contribution in [2.45, 2.75) is 46.7 Å². The van der Waals surface area contributed by atoms with Gasteiger partial charge in [-0.25, -0.2) is 0 Å². The van der Waals surface area contributed by atoms with Crippen molar-refractivity contribution in [2.24, 2.45) is 5.41 Å². The van der Waals surface area contributed by atoms with E-state index in [0.717, 1.165) is 24.6 Å². The summed E-state index contributed by atoms with van der Waals surface area (Å²) in [6.07, 6.45) is 2.64. The fraction of sp³-hybridized carbons (Fsp3) is 0.733. The van der Waals surface area contributed by atoms with Gasteiger partial charge in [-0.1, -0.05) is 13.8 Å². The number of rotatable bonds is 4. The van der Waals surface area contributed by atoms with E-state index in [1.807, 2.05) is 7.05 Å². The highest BCUT2D eigenvalue weighted by molar-refractivity contribution is 5.20. The molecule has 1 N–H and O–H groups in total. The average Bonchev–Trinajstić information content (AvgIpc) is 2.58. The number of furan rings is 1. The lowest BCUT2D eigenvalue weighted by Gasteiger charge is -2.37. The van der Waals surface area contributed by atoms with Crippen molar-refractivity contribution in [3.8, 4) is 0 Å². The highest BCUT2D eigenvalue weighted by Crippen LogP contribution is 2.29. The zero-order valence-electron chi connectivity index (χ0n) is 12.2.